The second kappa shape index (κ2) is 10.7. The number of carbonyl (C=O) groups excluding carboxylic acids is 4. The van der Waals surface area contributed by atoms with E-state index in [0.717, 1.165) is 0 Å². The second-order valence-corrected chi connectivity index (χ2v) is 14.6. The highest BCUT2D eigenvalue weighted by Crippen LogP contribution is 2.66. The Balaban J connectivity index is 1.30. The Morgan fingerprint density at radius 1 is 0.977 bits per heavy atom. The molecule has 0 saturated heterocycles. The van der Waals surface area contributed by atoms with E-state index in [0.29, 0.717) is 38.5 Å². The quantitative estimate of drug-likeness (QED) is 0.140. The summed E-state index contributed by atoms with van der Waals surface area (Å²) in [5.74, 6) is -13.6. The topological polar surface area (TPSA) is 135 Å². The van der Waals surface area contributed by atoms with Crippen molar-refractivity contribution in [2.45, 2.75) is 83.5 Å². The zero-order valence-electron chi connectivity index (χ0n) is 24.0. The summed E-state index contributed by atoms with van der Waals surface area (Å²) in [6.45, 7) is 5.80. The first-order valence-corrected chi connectivity index (χ1v) is 15.9. The van der Waals surface area contributed by atoms with E-state index in [1.54, 1.807) is 0 Å². The minimum atomic E-state index is -5.91. The number of esters is 1. The van der Waals surface area contributed by atoms with Crippen molar-refractivity contribution < 1.29 is 54.4 Å². The maximum atomic E-state index is 14.3. The van der Waals surface area contributed by atoms with Crippen LogP contribution in [0, 0.1) is 69.6 Å². The largest absolute Gasteiger partial charge is 0.744 e. The summed E-state index contributed by atoms with van der Waals surface area (Å²) in [5.41, 5.74) is -1.10. The van der Waals surface area contributed by atoms with Crippen LogP contribution in [0.25, 0.3) is 0 Å². The first kappa shape index (κ1) is 31.7. The molecule has 4 saturated carbocycles. The molecule has 0 N–H and O–H groups in total. The molecule has 236 valence electrons. The van der Waals surface area contributed by atoms with Crippen molar-refractivity contribution in [1.82, 2.24) is 0 Å². The van der Waals surface area contributed by atoms with Crippen molar-refractivity contribution in [1.29, 1.82) is 0 Å². The van der Waals surface area contributed by atoms with Gasteiger partial charge < -0.3 is 9.29 Å². The van der Waals surface area contributed by atoms with Gasteiger partial charge in [0.1, 0.15) is 32.4 Å². The summed E-state index contributed by atoms with van der Waals surface area (Å²) in [6, 6.07) is 0. The highest BCUT2D eigenvalue weighted by molar-refractivity contribution is 7.85. The number of fused-ring (bicyclic) bond motifs is 5. The molecule has 1 aromatic carbocycles. The predicted molar refractivity (Wildman–Crippen MR) is 139 cm³/mol. The van der Waals surface area contributed by atoms with Gasteiger partial charge in [-0.05, 0) is 60.7 Å². The average Bonchev–Trinajstić information content (AvgIpc) is 3.28. The third-order valence-electron chi connectivity index (χ3n) is 11.4. The highest BCUT2D eigenvalue weighted by Gasteiger charge is 2.66. The standard InChI is InChI=1S/C30H34F4O8S/c1-13(4-7-21(38)42-27-23(31)25(33)28(43(39,40)41)26(34)24(27)32)16-5-6-17-22-18(12-20(37)30(16,17)3)29(2)9-8-15(35)10-14(29)11-19(22)36/h13-14,16-18,22H,4-12H2,1-3H3,(H,39,40,41)/p-1/t13-,14+,16-,17+,18+,22-,29+,30-/m1/s1. The van der Waals surface area contributed by atoms with E-state index in [2.05, 4.69) is 11.7 Å². The third kappa shape index (κ3) is 4.94. The van der Waals surface area contributed by atoms with Crippen LogP contribution >= 0.6 is 0 Å². The van der Waals surface area contributed by atoms with Crippen LogP contribution < -0.4 is 4.74 Å². The van der Waals surface area contributed by atoms with E-state index >= 15 is 0 Å². The molecule has 0 heterocycles. The number of Topliss-reactive ketones (excluding diaryl/α,β-unsaturated/α-hetero) is 3. The van der Waals surface area contributed by atoms with E-state index in [1.165, 1.54) is 0 Å². The molecule has 0 aromatic heterocycles. The van der Waals surface area contributed by atoms with E-state index in [1.807, 2.05) is 13.8 Å². The average molecular weight is 630 g/mol. The smallest absolute Gasteiger partial charge is 0.311 e. The van der Waals surface area contributed by atoms with Gasteiger partial charge in [-0.2, -0.15) is 8.78 Å². The number of halogens is 4. The van der Waals surface area contributed by atoms with Crippen LogP contribution in [0.15, 0.2) is 4.90 Å². The fraction of sp³-hybridized carbons (Fsp3) is 0.667. The zero-order chi connectivity index (χ0) is 31.8. The Hall–Kier alpha value is -2.67. The Kier molecular flexibility index (Phi) is 7.93. The molecule has 5 rings (SSSR count). The van der Waals surface area contributed by atoms with Gasteiger partial charge in [0, 0.05) is 43.4 Å². The van der Waals surface area contributed by atoms with Gasteiger partial charge in [0.2, 0.25) is 17.4 Å². The molecule has 8 atom stereocenters. The zero-order valence-corrected chi connectivity index (χ0v) is 24.8. The maximum absolute atomic E-state index is 14.3. The number of ketones is 3. The molecule has 8 nitrogen and oxygen atoms in total. The monoisotopic (exact) mass is 629 g/mol. The Morgan fingerprint density at radius 3 is 2.21 bits per heavy atom. The minimum Gasteiger partial charge on any atom is -0.744 e. The predicted octanol–water partition coefficient (Wildman–Crippen LogP) is 5.05. The summed E-state index contributed by atoms with van der Waals surface area (Å²) >= 11 is 0. The number of benzene rings is 1. The number of ether oxygens (including phenoxy) is 1. The fourth-order valence-corrected chi connectivity index (χ4v) is 9.62. The molecule has 43 heavy (non-hydrogen) atoms. The molecule has 4 aliphatic carbocycles. The number of hydrogen-bond acceptors (Lipinski definition) is 8. The lowest BCUT2D eigenvalue weighted by atomic mass is 9.44. The summed E-state index contributed by atoms with van der Waals surface area (Å²) in [4.78, 5) is 49.7. The minimum absolute atomic E-state index is 0.0470. The first-order valence-electron chi connectivity index (χ1n) is 14.5. The Bertz CT molecular complexity index is 1500. The molecule has 0 spiro atoms. The van der Waals surface area contributed by atoms with Crippen molar-refractivity contribution in [2.24, 2.45) is 46.3 Å². The summed E-state index contributed by atoms with van der Waals surface area (Å²) in [5, 5.41) is 0. The SMILES string of the molecule is C[C@H](CCC(=O)Oc1c(F)c(F)c(S(=O)(=O)[O-])c(F)c1F)[C@H]1CC[C@H]2[C@H]3C(=O)C[C@@H]4CC(=O)CC[C@]4(C)[C@H]3CC(=O)[C@]12C. The van der Waals surface area contributed by atoms with Crippen molar-refractivity contribution in [2.75, 3.05) is 0 Å². The Labute approximate surface area is 246 Å². The van der Waals surface area contributed by atoms with Crippen LogP contribution in [0.4, 0.5) is 17.6 Å². The highest BCUT2D eigenvalue weighted by atomic mass is 32.2. The first-order chi connectivity index (χ1) is 19.9. The maximum Gasteiger partial charge on any atom is 0.311 e. The van der Waals surface area contributed by atoms with Gasteiger partial charge in [0.05, 0.1) is 0 Å². The van der Waals surface area contributed by atoms with E-state index in [-0.39, 0.29) is 71.1 Å². The summed E-state index contributed by atoms with van der Waals surface area (Å²) in [7, 11) is -5.91. The van der Waals surface area contributed by atoms with E-state index in [9.17, 15) is 49.7 Å². The molecule has 13 heteroatoms. The molecule has 0 radical (unpaired) electrons. The van der Waals surface area contributed by atoms with Crippen molar-refractivity contribution in [3.8, 4) is 5.75 Å². The molecular formula is C30H33F4O8S-. The molecule has 4 fully saturated rings. The molecule has 0 amide bonds. The van der Waals surface area contributed by atoms with Crippen LogP contribution in [0.2, 0.25) is 0 Å². The fourth-order valence-electron chi connectivity index (χ4n) is 9.00. The van der Waals surface area contributed by atoms with E-state index < -0.39 is 61.8 Å². The normalized spacial score (nSPS) is 34.8. The molecular weight excluding hydrogens is 596 g/mol. The van der Waals surface area contributed by atoms with Crippen LogP contribution in [-0.4, -0.2) is 36.3 Å². The lowest BCUT2D eigenvalue weighted by molar-refractivity contribution is -0.166. The van der Waals surface area contributed by atoms with Crippen LogP contribution in [0.5, 0.6) is 5.75 Å². The number of carbonyl (C=O) groups is 4. The molecule has 0 bridgehead atoms. The Morgan fingerprint density at radius 2 is 1.60 bits per heavy atom. The van der Waals surface area contributed by atoms with Crippen LogP contribution in [-0.2, 0) is 29.3 Å². The van der Waals surface area contributed by atoms with Gasteiger partial charge in [0.25, 0.3) is 0 Å². The van der Waals surface area contributed by atoms with Gasteiger partial charge in [-0.1, -0.05) is 20.8 Å². The third-order valence-corrected chi connectivity index (χ3v) is 12.2. The van der Waals surface area contributed by atoms with Gasteiger partial charge >= 0.3 is 5.97 Å². The van der Waals surface area contributed by atoms with Gasteiger partial charge in [-0.3, -0.25) is 19.2 Å². The molecule has 1 aromatic rings. The summed E-state index contributed by atoms with van der Waals surface area (Å²) in [6.07, 6.45) is 2.93. The number of hydrogen-bond donors (Lipinski definition) is 0. The van der Waals surface area contributed by atoms with Crippen LogP contribution in [0.3, 0.4) is 0 Å². The van der Waals surface area contributed by atoms with E-state index in [4.69, 9.17) is 0 Å². The van der Waals surface area contributed by atoms with Crippen LogP contribution in [0.1, 0.15) is 78.6 Å². The summed E-state index contributed by atoms with van der Waals surface area (Å²) < 4.78 is 94.3. The molecule has 0 unspecified atom stereocenters. The molecule has 4 aliphatic rings. The molecule has 0 aliphatic heterocycles. The van der Waals surface area contributed by atoms with Crippen molar-refractivity contribution in [3.05, 3.63) is 23.3 Å². The van der Waals surface area contributed by atoms with Crippen molar-refractivity contribution >= 4 is 33.4 Å². The van der Waals surface area contributed by atoms with Gasteiger partial charge in [-0.15, -0.1) is 0 Å². The lowest BCUT2D eigenvalue weighted by Crippen LogP contribution is -2.60. The van der Waals surface area contributed by atoms with Crippen molar-refractivity contribution in [3.63, 3.8) is 0 Å². The van der Waals surface area contributed by atoms with Gasteiger partial charge in [0.15, 0.2) is 11.6 Å². The van der Waals surface area contributed by atoms with Gasteiger partial charge in [-0.25, -0.2) is 17.2 Å². The lowest BCUT2D eigenvalue weighted by Gasteiger charge is -2.58. The number of rotatable bonds is 6. The second-order valence-electron chi connectivity index (χ2n) is 13.3.